The fourth-order valence-electron chi connectivity index (χ4n) is 2.82. The van der Waals surface area contributed by atoms with E-state index in [-0.39, 0.29) is 0 Å². The Morgan fingerprint density at radius 2 is 1.80 bits per heavy atom. The van der Waals surface area contributed by atoms with Gasteiger partial charge in [0, 0.05) is 0 Å². The van der Waals surface area contributed by atoms with Crippen LogP contribution in [0.5, 0.6) is 0 Å². The Bertz CT molecular complexity index is 161. The Morgan fingerprint density at radius 3 is 2.20 bits per heavy atom. The molecule has 2 unspecified atom stereocenters. The van der Waals surface area contributed by atoms with E-state index in [9.17, 15) is 0 Å². The number of unbranched alkanes of at least 4 members (excludes halogenated alkanes) is 2. The van der Waals surface area contributed by atoms with Crippen molar-refractivity contribution in [3.05, 3.63) is 12.7 Å². The SMILES string of the molecule is C=CCCCCC(C)C(CC)C(C)(C)C. The summed E-state index contributed by atoms with van der Waals surface area (Å²) in [5, 5.41) is 0. The van der Waals surface area contributed by atoms with E-state index in [1.807, 2.05) is 6.08 Å². The lowest BCUT2D eigenvalue weighted by atomic mass is 9.71. The van der Waals surface area contributed by atoms with Gasteiger partial charge in [-0.2, -0.15) is 0 Å². The predicted octanol–water partition coefficient (Wildman–Crippen LogP) is 5.44. The average molecular weight is 210 g/mol. The second-order valence-electron chi connectivity index (χ2n) is 5.93. The standard InChI is InChI=1S/C15H30/c1-7-9-10-11-12-13(3)14(8-2)15(4,5)6/h7,13-14H,1,8-12H2,2-6H3. The fourth-order valence-corrected chi connectivity index (χ4v) is 2.82. The highest BCUT2D eigenvalue weighted by molar-refractivity contribution is 4.77. The van der Waals surface area contributed by atoms with E-state index in [1.165, 1.54) is 32.1 Å². The number of rotatable bonds is 7. The van der Waals surface area contributed by atoms with Gasteiger partial charge in [0.15, 0.2) is 0 Å². The van der Waals surface area contributed by atoms with Crippen molar-refractivity contribution in [3.63, 3.8) is 0 Å². The Balaban J connectivity index is 3.94. The summed E-state index contributed by atoms with van der Waals surface area (Å²) in [4.78, 5) is 0. The van der Waals surface area contributed by atoms with Crippen molar-refractivity contribution < 1.29 is 0 Å². The Kier molecular flexibility index (Phi) is 6.96. The maximum Gasteiger partial charge on any atom is -0.0342 e. The van der Waals surface area contributed by atoms with Crippen LogP contribution >= 0.6 is 0 Å². The molecule has 0 aliphatic heterocycles. The monoisotopic (exact) mass is 210 g/mol. The van der Waals surface area contributed by atoms with Gasteiger partial charge in [0.05, 0.1) is 0 Å². The molecule has 0 bridgehead atoms. The third kappa shape index (κ3) is 6.02. The maximum absolute atomic E-state index is 3.77. The average Bonchev–Trinajstić information content (AvgIpc) is 2.11. The van der Waals surface area contributed by atoms with Gasteiger partial charge in [-0.3, -0.25) is 0 Å². The molecule has 15 heavy (non-hydrogen) atoms. The normalized spacial score (nSPS) is 16.1. The van der Waals surface area contributed by atoms with Crippen LogP contribution in [0.15, 0.2) is 12.7 Å². The molecule has 0 aromatic carbocycles. The van der Waals surface area contributed by atoms with Gasteiger partial charge >= 0.3 is 0 Å². The first-order valence-corrected chi connectivity index (χ1v) is 6.54. The molecule has 0 heteroatoms. The summed E-state index contributed by atoms with van der Waals surface area (Å²) in [5.41, 5.74) is 0.465. The molecule has 90 valence electrons. The van der Waals surface area contributed by atoms with E-state index in [2.05, 4.69) is 41.2 Å². The Morgan fingerprint density at radius 1 is 1.20 bits per heavy atom. The summed E-state index contributed by atoms with van der Waals surface area (Å²) in [7, 11) is 0. The molecule has 0 radical (unpaired) electrons. The first kappa shape index (κ1) is 14.7. The van der Waals surface area contributed by atoms with Crippen LogP contribution in [0.1, 0.15) is 66.7 Å². The van der Waals surface area contributed by atoms with E-state index < -0.39 is 0 Å². The molecule has 0 heterocycles. The zero-order valence-corrected chi connectivity index (χ0v) is 11.5. The van der Waals surface area contributed by atoms with Crippen molar-refractivity contribution in [3.8, 4) is 0 Å². The van der Waals surface area contributed by atoms with Crippen LogP contribution < -0.4 is 0 Å². The molecule has 0 N–H and O–H groups in total. The summed E-state index contributed by atoms with van der Waals surface area (Å²) in [6, 6.07) is 0. The molecular weight excluding hydrogens is 180 g/mol. The van der Waals surface area contributed by atoms with Gasteiger partial charge in [0.1, 0.15) is 0 Å². The van der Waals surface area contributed by atoms with Gasteiger partial charge in [0.2, 0.25) is 0 Å². The summed E-state index contributed by atoms with van der Waals surface area (Å²) in [6.07, 6.45) is 8.58. The van der Waals surface area contributed by atoms with Gasteiger partial charge in [0.25, 0.3) is 0 Å². The highest BCUT2D eigenvalue weighted by Crippen LogP contribution is 2.36. The molecule has 0 saturated carbocycles. The minimum Gasteiger partial charge on any atom is -0.103 e. The largest absolute Gasteiger partial charge is 0.103 e. The summed E-state index contributed by atoms with van der Waals surface area (Å²) in [5.74, 6) is 1.72. The summed E-state index contributed by atoms with van der Waals surface area (Å²) >= 11 is 0. The summed E-state index contributed by atoms with van der Waals surface area (Å²) in [6.45, 7) is 15.7. The quantitative estimate of drug-likeness (QED) is 0.387. The zero-order valence-electron chi connectivity index (χ0n) is 11.5. The highest BCUT2D eigenvalue weighted by Gasteiger charge is 2.27. The molecule has 0 fully saturated rings. The highest BCUT2D eigenvalue weighted by atomic mass is 14.3. The zero-order chi connectivity index (χ0) is 11.9. The van der Waals surface area contributed by atoms with Crippen LogP contribution in [0.2, 0.25) is 0 Å². The third-order valence-corrected chi connectivity index (χ3v) is 3.56. The second-order valence-corrected chi connectivity index (χ2v) is 5.93. The minimum atomic E-state index is 0.465. The topological polar surface area (TPSA) is 0 Å². The van der Waals surface area contributed by atoms with Gasteiger partial charge in [-0.25, -0.2) is 0 Å². The molecule has 0 rings (SSSR count). The Labute approximate surface area is 97.2 Å². The maximum atomic E-state index is 3.77. The number of hydrogen-bond donors (Lipinski definition) is 0. The smallest absolute Gasteiger partial charge is 0.0342 e. The summed E-state index contributed by atoms with van der Waals surface area (Å²) < 4.78 is 0. The lowest BCUT2D eigenvalue weighted by molar-refractivity contribution is 0.153. The van der Waals surface area contributed by atoms with Crippen molar-refractivity contribution >= 4 is 0 Å². The van der Waals surface area contributed by atoms with Crippen LogP contribution in [0, 0.1) is 17.3 Å². The van der Waals surface area contributed by atoms with Crippen LogP contribution in [-0.2, 0) is 0 Å². The second kappa shape index (κ2) is 7.09. The van der Waals surface area contributed by atoms with E-state index in [0.29, 0.717) is 5.41 Å². The van der Waals surface area contributed by atoms with Crippen molar-refractivity contribution in [2.75, 3.05) is 0 Å². The third-order valence-electron chi connectivity index (χ3n) is 3.56. The fraction of sp³-hybridized carbons (Fsp3) is 0.867. The van der Waals surface area contributed by atoms with Gasteiger partial charge in [-0.15, -0.1) is 6.58 Å². The van der Waals surface area contributed by atoms with E-state index in [0.717, 1.165) is 11.8 Å². The lowest BCUT2D eigenvalue weighted by Crippen LogP contribution is -2.26. The van der Waals surface area contributed by atoms with Crippen LogP contribution in [-0.4, -0.2) is 0 Å². The molecule has 0 amide bonds. The minimum absolute atomic E-state index is 0.465. The van der Waals surface area contributed by atoms with Gasteiger partial charge in [-0.1, -0.05) is 60.0 Å². The van der Waals surface area contributed by atoms with E-state index in [1.54, 1.807) is 0 Å². The van der Waals surface area contributed by atoms with Gasteiger partial charge < -0.3 is 0 Å². The molecule has 0 aromatic rings. The number of allylic oxidation sites excluding steroid dienone is 1. The van der Waals surface area contributed by atoms with Crippen LogP contribution in [0.3, 0.4) is 0 Å². The number of hydrogen-bond acceptors (Lipinski definition) is 0. The first-order valence-electron chi connectivity index (χ1n) is 6.54. The van der Waals surface area contributed by atoms with Crippen molar-refractivity contribution in [1.82, 2.24) is 0 Å². The van der Waals surface area contributed by atoms with Crippen molar-refractivity contribution in [2.45, 2.75) is 66.7 Å². The van der Waals surface area contributed by atoms with E-state index >= 15 is 0 Å². The molecule has 0 saturated heterocycles. The molecule has 2 atom stereocenters. The predicted molar refractivity (Wildman–Crippen MR) is 71.1 cm³/mol. The molecule has 0 aromatic heterocycles. The van der Waals surface area contributed by atoms with Crippen LogP contribution in [0.25, 0.3) is 0 Å². The van der Waals surface area contributed by atoms with Crippen LogP contribution in [0.4, 0.5) is 0 Å². The molecule has 0 nitrogen and oxygen atoms in total. The Hall–Kier alpha value is -0.260. The molecule has 0 aliphatic rings. The van der Waals surface area contributed by atoms with Gasteiger partial charge in [-0.05, 0) is 30.1 Å². The van der Waals surface area contributed by atoms with Crippen molar-refractivity contribution in [2.24, 2.45) is 17.3 Å². The molecular formula is C15H30. The van der Waals surface area contributed by atoms with Crippen molar-refractivity contribution in [1.29, 1.82) is 0 Å². The first-order chi connectivity index (χ1) is 6.93. The molecule has 0 aliphatic carbocycles. The lowest BCUT2D eigenvalue weighted by Gasteiger charge is -2.35. The van der Waals surface area contributed by atoms with E-state index in [4.69, 9.17) is 0 Å². The molecule has 0 spiro atoms.